The highest BCUT2D eigenvalue weighted by Crippen LogP contribution is 2.10. The average Bonchev–Trinajstić information content (AvgIpc) is 2.17. The number of nitrogens with zero attached hydrogens (tertiary/aromatic N) is 1. The van der Waals surface area contributed by atoms with Crippen molar-refractivity contribution in [2.45, 2.75) is 19.8 Å². The van der Waals surface area contributed by atoms with Crippen LogP contribution in [-0.4, -0.2) is 7.05 Å². The lowest BCUT2D eigenvalue weighted by Crippen LogP contribution is -2.49. The molecule has 72 valence electrons. The van der Waals surface area contributed by atoms with Crippen molar-refractivity contribution >= 4 is 5.70 Å². The van der Waals surface area contributed by atoms with E-state index in [4.69, 9.17) is 0 Å². The van der Waals surface area contributed by atoms with Gasteiger partial charge < -0.3 is 0 Å². The molecule has 1 nitrogen and oxygen atoms in total. The van der Waals surface area contributed by atoms with Crippen LogP contribution in [0.2, 0.25) is 0 Å². The molecule has 1 aliphatic rings. The molecule has 0 saturated heterocycles. The zero-order valence-electron chi connectivity index (χ0n) is 8.88. The van der Waals surface area contributed by atoms with Gasteiger partial charge in [-0.05, 0) is 19.4 Å². The topological polar surface area (TPSA) is 3.01 Å². The molecule has 0 aromatic heterocycles. The maximum absolute atomic E-state index is 3.93. The van der Waals surface area contributed by atoms with Gasteiger partial charge in [-0.25, -0.2) is 0 Å². The first-order valence-corrected chi connectivity index (χ1v) is 5.03. The summed E-state index contributed by atoms with van der Waals surface area (Å²) in [5.41, 5.74) is 2.71. The highest BCUT2D eigenvalue weighted by Gasteiger charge is 2.20. The van der Waals surface area contributed by atoms with Crippen molar-refractivity contribution in [3.63, 3.8) is 0 Å². The summed E-state index contributed by atoms with van der Waals surface area (Å²) in [7, 11) is 2.14. The Balaban J connectivity index is 2.31. The van der Waals surface area contributed by atoms with Crippen LogP contribution < -0.4 is 15.2 Å². The quantitative estimate of drug-likeness (QED) is 0.494. The Kier molecular flexibility index (Phi) is 2.24. The minimum absolute atomic E-state index is 1.09. The third-order valence-corrected chi connectivity index (χ3v) is 2.77. The summed E-state index contributed by atoms with van der Waals surface area (Å²) in [6.45, 7) is 6.02. The van der Waals surface area contributed by atoms with Gasteiger partial charge in [0.2, 0.25) is 5.36 Å². The van der Waals surface area contributed by atoms with E-state index in [9.17, 15) is 0 Å². The maximum Gasteiger partial charge on any atom is 0.218 e. The van der Waals surface area contributed by atoms with Crippen molar-refractivity contribution in [3.8, 4) is 0 Å². The van der Waals surface area contributed by atoms with Gasteiger partial charge in [0.25, 0.3) is 0 Å². The molecule has 0 fully saturated rings. The number of hydrogen-bond acceptors (Lipinski definition) is 0. The van der Waals surface area contributed by atoms with Crippen LogP contribution in [0.4, 0.5) is 0 Å². The highest BCUT2D eigenvalue weighted by atomic mass is 15.0. The van der Waals surface area contributed by atoms with Crippen LogP contribution >= 0.6 is 0 Å². The van der Waals surface area contributed by atoms with Gasteiger partial charge in [-0.15, -0.1) is 6.58 Å². The van der Waals surface area contributed by atoms with Gasteiger partial charge in [0, 0.05) is 12.5 Å². The van der Waals surface area contributed by atoms with Crippen molar-refractivity contribution in [3.05, 3.63) is 47.0 Å². The molecule has 1 aromatic carbocycles. The number of allylic oxidation sites excluding steroid dienone is 1. The zero-order chi connectivity index (χ0) is 10.1. The van der Waals surface area contributed by atoms with Crippen LogP contribution in [0.25, 0.3) is 5.70 Å². The van der Waals surface area contributed by atoms with Gasteiger partial charge in [0.15, 0.2) is 5.70 Å². The molecule has 1 aromatic rings. The lowest BCUT2D eigenvalue weighted by molar-refractivity contribution is 0.770. The Morgan fingerprint density at radius 1 is 1.36 bits per heavy atom. The van der Waals surface area contributed by atoms with Crippen molar-refractivity contribution in [1.29, 1.82) is 0 Å². The van der Waals surface area contributed by atoms with E-state index in [1.165, 1.54) is 21.8 Å². The van der Waals surface area contributed by atoms with E-state index in [2.05, 4.69) is 49.4 Å². The second-order valence-electron chi connectivity index (χ2n) is 3.98. The normalized spacial score (nSPS) is 13.6. The van der Waals surface area contributed by atoms with Gasteiger partial charge in [-0.3, -0.25) is 0 Å². The molecular weight excluding hydrogens is 170 g/mol. The third kappa shape index (κ3) is 1.39. The number of para-hydroxylation sites is 1. The average molecular weight is 186 g/mol. The van der Waals surface area contributed by atoms with Gasteiger partial charge in [0.1, 0.15) is 12.3 Å². The first-order chi connectivity index (χ1) is 6.70. The fourth-order valence-corrected chi connectivity index (χ4v) is 1.92. The van der Waals surface area contributed by atoms with Crippen LogP contribution in [0.15, 0.2) is 36.4 Å². The predicted octanol–water partition coefficient (Wildman–Crippen LogP) is 1.29. The molecule has 1 heteroatoms. The standard InChI is InChI=1S/C13H16N/c1-10(2)8-9-13-11-6-4-5-7-12(11)14(13)3/h4-7H,1,8-9H2,2-3H3/q+1. The summed E-state index contributed by atoms with van der Waals surface area (Å²) in [6.07, 6.45) is 2.21. The molecule has 0 aliphatic carbocycles. The largest absolute Gasteiger partial charge is 0.218 e. The van der Waals surface area contributed by atoms with Gasteiger partial charge in [0.05, 0.1) is 0 Å². The van der Waals surface area contributed by atoms with Crippen LogP contribution in [0.3, 0.4) is 0 Å². The molecular formula is C13H16N+. The molecule has 2 rings (SSSR count). The summed E-state index contributed by atoms with van der Waals surface area (Å²) >= 11 is 0. The number of rotatable bonds is 3. The minimum atomic E-state index is 1.09. The predicted molar refractivity (Wildman–Crippen MR) is 60.3 cm³/mol. The van der Waals surface area contributed by atoms with E-state index in [0.29, 0.717) is 0 Å². The Morgan fingerprint density at radius 2 is 2.07 bits per heavy atom. The first kappa shape index (κ1) is 9.20. The Labute approximate surface area is 84.7 Å². The third-order valence-electron chi connectivity index (χ3n) is 2.77. The molecule has 0 bridgehead atoms. The summed E-state index contributed by atoms with van der Waals surface area (Å²) in [6, 6.07) is 8.56. The fourth-order valence-electron chi connectivity index (χ4n) is 1.92. The molecule has 1 aliphatic heterocycles. The molecule has 0 saturated carbocycles. The minimum Gasteiger partial charge on any atom is -0.197 e. The Bertz CT molecular complexity index is 494. The lowest BCUT2D eigenvalue weighted by Gasteiger charge is -2.09. The molecule has 1 heterocycles. The van der Waals surface area contributed by atoms with E-state index >= 15 is 0 Å². The van der Waals surface area contributed by atoms with Gasteiger partial charge in [-0.1, -0.05) is 17.7 Å². The summed E-state index contributed by atoms with van der Waals surface area (Å²) in [5.74, 6) is 0. The van der Waals surface area contributed by atoms with Crippen molar-refractivity contribution in [1.82, 2.24) is 4.58 Å². The first-order valence-electron chi connectivity index (χ1n) is 5.03. The van der Waals surface area contributed by atoms with Gasteiger partial charge >= 0.3 is 0 Å². The van der Waals surface area contributed by atoms with Crippen LogP contribution in [0.5, 0.6) is 0 Å². The molecule has 14 heavy (non-hydrogen) atoms. The van der Waals surface area contributed by atoms with E-state index < -0.39 is 0 Å². The van der Waals surface area contributed by atoms with Crippen molar-refractivity contribution in [2.24, 2.45) is 0 Å². The van der Waals surface area contributed by atoms with E-state index in [1.807, 2.05) is 0 Å². The monoisotopic (exact) mass is 186 g/mol. The second-order valence-corrected chi connectivity index (χ2v) is 3.98. The molecule has 0 atom stereocenters. The molecule has 0 amide bonds. The van der Waals surface area contributed by atoms with Gasteiger partial charge in [-0.2, -0.15) is 4.58 Å². The summed E-state index contributed by atoms with van der Waals surface area (Å²) in [4.78, 5) is 0. The summed E-state index contributed by atoms with van der Waals surface area (Å²) in [5, 5.41) is 2.76. The molecule has 0 spiro atoms. The van der Waals surface area contributed by atoms with E-state index in [1.54, 1.807) is 0 Å². The number of hydrogen-bond donors (Lipinski definition) is 0. The maximum atomic E-state index is 3.93. The van der Waals surface area contributed by atoms with Crippen LogP contribution in [-0.2, 0) is 0 Å². The Hall–Kier alpha value is -1.37. The summed E-state index contributed by atoms with van der Waals surface area (Å²) < 4.78 is 2.28. The number of fused-ring (bicyclic) bond motifs is 1. The highest BCUT2D eigenvalue weighted by molar-refractivity contribution is 5.49. The van der Waals surface area contributed by atoms with Crippen molar-refractivity contribution in [2.75, 3.05) is 7.05 Å². The van der Waals surface area contributed by atoms with Crippen LogP contribution in [0, 0.1) is 0 Å². The SMILES string of the molecule is C=C(C)CCC1=c2ccccc2=[N+]1C. The number of benzene rings is 1. The molecule has 0 radical (unpaired) electrons. The van der Waals surface area contributed by atoms with Crippen LogP contribution in [0.1, 0.15) is 19.8 Å². The lowest BCUT2D eigenvalue weighted by atomic mass is 10.1. The smallest absolute Gasteiger partial charge is 0.197 e. The molecule has 0 N–H and O–H groups in total. The van der Waals surface area contributed by atoms with Crippen molar-refractivity contribution < 1.29 is 0 Å². The Morgan fingerprint density at radius 3 is 2.79 bits per heavy atom. The molecule has 0 unspecified atom stereocenters. The zero-order valence-corrected chi connectivity index (χ0v) is 8.88. The van der Waals surface area contributed by atoms with E-state index in [0.717, 1.165) is 12.8 Å². The van der Waals surface area contributed by atoms with E-state index in [-0.39, 0.29) is 0 Å². The fraction of sp³-hybridized carbons (Fsp3) is 0.308. The second kappa shape index (κ2) is 3.41.